The van der Waals surface area contributed by atoms with Gasteiger partial charge in [-0.2, -0.15) is 9.97 Å². The Bertz CT molecular complexity index is 503. The lowest BCUT2D eigenvalue weighted by molar-refractivity contribution is 0.600. The first-order chi connectivity index (χ1) is 7.50. The van der Waals surface area contributed by atoms with E-state index >= 15 is 0 Å². The van der Waals surface area contributed by atoms with Crippen LogP contribution in [0.4, 0.5) is 5.95 Å². The van der Waals surface area contributed by atoms with Crippen molar-refractivity contribution >= 4 is 27.5 Å². The molecule has 1 aliphatic rings. The molecule has 8 heteroatoms. The maximum absolute atomic E-state index is 11.3. The van der Waals surface area contributed by atoms with Crippen LogP contribution in [0.25, 0.3) is 0 Å². The Kier molecular flexibility index (Phi) is 3.02. The SMILES string of the molecule is CSc1nc(N)nc(C2CCS(=O)(=O)C2)n1. The molecule has 1 aromatic rings. The molecule has 6 nitrogen and oxygen atoms in total. The Morgan fingerprint density at radius 1 is 1.38 bits per heavy atom. The first-order valence-electron chi connectivity index (χ1n) is 4.76. The zero-order valence-electron chi connectivity index (χ0n) is 8.75. The second kappa shape index (κ2) is 4.17. The van der Waals surface area contributed by atoms with Crippen molar-refractivity contribution in [2.24, 2.45) is 0 Å². The van der Waals surface area contributed by atoms with Gasteiger partial charge in [-0.05, 0) is 12.7 Å². The minimum absolute atomic E-state index is 0.115. The molecule has 0 saturated carbocycles. The molecule has 0 aliphatic carbocycles. The van der Waals surface area contributed by atoms with Gasteiger partial charge in [0, 0.05) is 5.92 Å². The molecule has 1 fully saturated rings. The maximum Gasteiger partial charge on any atom is 0.224 e. The van der Waals surface area contributed by atoms with Gasteiger partial charge in [0.15, 0.2) is 15.0 Å². The highest BCUT2D eigenvalue weighted by molar-refractivity contribution is 7.98. The zero-order valence-corrected chi connectivity index (χ0v) is 10.4. The summed E-state index contributed by atoms with van der Waals surface area (Å²) in [5.41, 5.74) is 5.55. The predicted octanol–water partition coefficient (Wildman–Crippen LogP) is 0.0778. The fraction of sp³-hybridized carbons (Fsp3) is 0.625. The molecule has 0 bridgehead atoms. The van der Waals surface area contributed by atoms with Crippen LogP contribution in [0, 0.1) is 0 Å². The van der Waals surface area contributed by atoms with E-state index in [9.17, 15) is 8.42 Å². The summed E-state index contributed by atoms with van der Waals surface area (Å²) in [6, 6.07) is 0. The highest BCUT2D eigenvalue weighted by atomic mass is 32.2. The maximum atomic E-state index is 11.3. The second-order valence-electron chi connectivity index (χ2n) is 3.64. The van der Waals surface area contributed by atoms with Crippen molar-refractivity contribution in [2.75, 3.05) is 23.5 Å². The molecule has 16 heavy (non-hydrogen) atoms. The van der Waals surface area contributed by atoms with Crippen LogP contribution in [0.5, 0.6) is 0 Å². The lowest BCUT2D eigenvalue weighted by atomic mass is 10.1. The number of anilines is 1. The molecule has 2 rings (SSSR count). The molecule has 0 aromatic carbocycles. The Labute approximate surface area is 98.0 Å². The molecular weight excluding hydrogens is 248 g/mol. The third kappa shape index (κ3) is 2.43. The lowest BCUT2D eigenvalue weighted by Crippen LogP contribution is -2.10. The summed E-state index contributed by atoms with van der Waals surface area (Å²) in [5.74, 6) is 0.833. The highest BCUT2D eigenvalue weighted by Gasteiger charge is 2.31. The number of nitrogen functional groups attached to an aromatic ring is 1. The Morgan fingerprint density at radius 3 is 2.69 bits per heavy atom. The zero-order chi connectivity index (χ0) is 11.8. The van der Waals surface area contributed by atoms with Crippen LogP contribution < -0.4 is 5.73 Å². The van der Waals surface area contributed by atoms with Gasteiger partial charge in [-0.25, -0.2) is 13.4 Å². The number of nitrogens with two attached hydrogens (primary N) is 1. The number of nitrogens with zero attached hydrogens (tertiary/aromatic N) is 3. The second-order valence-corrected chi connectivity index (χ2v) is 6.64. The molecule has 88 valence electrons. The van der Waals surface area contributed by atoms with Crippen molar-refractivity contribution in [3.8, 4) is 0 Å². The van der Waals surface area contributed by atoms with Gasteiger partial charge >= 0.3 is 0 Å². The Hall–Kier alpha value is -0.890. The number of rotatable bonds is 2. The van der Waals surface area contributed by atoms with E-state index < -0.39 is 9.84 Å². The Morgan fingerprint density at radius 2 is 2.12 bits per heavy atom. The third-order valence-corrected chi connectivity index (χ3v) is 4.75. The van der Waals surface area contributed by atoms with Crippen LogP contribution >= 0.6 is 11.8 Å². The number of sulfone groups is 1. The van der Waals surface area contributed by atoms with Crippen molar-refractivity contribution in [1.29, 1.82) is 0 Å². The van der Waals surface area contributed by atoms with Crippen LogP contribution in [-0.4, -0.2) is 41.1 Å². The van der Waals surface area contributed by atoms with E-state index in [4.69, 9.17) is 5.73 Å². The lowest BCUT2D eigenvalue weighted by Gasteiger charge is -2.07. The van der Waals surface area contributed by atoms with E-state index in [-0.39, 0.29) is 23.4 Å². The standard InChI is InChI=1S/C8H12N4O2S2/c1-15-8-11-6(10-7(9)12-8)5-2-3-16(13,14)4-5/h5H,2-4H2,1H3,(H2,9,10,11,12). The van der Waals surface area contributed by atoms with E-state index in [1.165, 1.54) is 11.8 Å². The molecular formula is C8H12N4O2S2. The topological polar surface area (TPSA) is 98.8 Å². The molecule has 0 amide bonds. The van der Waals surface area contributed by atoms with Crippen LogP contribution in [0.2, 0.25) is 0 Å². The number of thioether (sulfide) groups is 1. The molecule has 2 heterocycles. The Balaban J connectivity index is 2.31. The van der Waals surface area contributed by atoms with Crippen LogP contribution in [0.3, 0.4) is 0 Å². The predicted molar refractivity (Wildman–Crippen MR) is 62.0 cm³/mol. The van der Waals surface area contributed by atoms with Gasteiger partial charge in [0.05, 0.1) is 11.5 Å². The molecule has 0 spiro atoms. The first kappa shape index (κ1) is 11.6. The summed E-state index contributed by atoms with van der Waals surface area (Å²) in [6.45, 7) is 0. The molecule has 1 aromatic heterocycles. The average Bonchev–Trinajstić information content (AvgIpc) is 2.58. The van der Waals surface area contributed by atoms with Gasteiger partial charge in [-0.15, -0.1) is 0 Å². The number of aromatic nitrogens is 3. The van der Waals surface area contributed by atoms with Gasteiger partial charge in [0.2, 0.25) is 5.95 Å². The minimum atomic E-state index is -2.92. The summed E-state index contributed by atoms with van der Waals surface area (Å²) in [4.78, 5) is 12.1. The largest absolute Gasteiger partial charge is 0.368 e. The number of hydrogen-bond donors (Lipinski definition) is 1. The average molecular weight is 260 g/mol. The van der Waals surface area contributed by atoms with E-state index in [0.717, 1.165) is 0 Å². The van der Waals surface area contributed by atoms with Crippen molar-refractivity contribution in [2.45, 2.75) is 17.5 Å². The minimum Gasteiger partial charge on any atom is -0.368 e. The van der Waals surface area contributed by atoms with E-state index in [1.807, 2.05) is 6.26 Å². The van der Waals surface area contributed by atoms with Gasteiger partial charge < -0.3 is 5.73 Å². The van der Waals surface area contributed by atoms with E-state index in [0.29, 0.717) is 17.4 Å². The van der Waals surface area contributed by atoms with Crippen LogP contribution in [0.15, 0.2) is 5.16 Å². The van der Waals surface area contributed by atoms with E-state index in [1.54, 1.807) is 0 Å². The highest BCUT2D eigenvalue weighted by Crippen LogP contribution is 2.27. The summed E-state index contributed by atoms with van der Waals surface area (Å²) in [6.07, 6.45) is 2.41. The van der Waals surface area contributed by atoms with Crippen molar-refractivity contribution < 1.29 is 8.42 Å². The number of hydrogen-bond acceptors (Lipinski definition) is 7. The summed E-state index contributed by atoms with van der Waals surface area (Å²) in [7, 11) is -2.92. The monoisotopic (exact) mass is 260 g/mol. The van der Waals surface area contributed by atoms with Crippen molar-refractivity contribution in [1.82, 2.24) is 15.0 Å². The molecule has 0 radical (unpaired) electrons. The van der Waals surface area contributed by atoms with Crippen LogP contribution in [-0.2, 0) is 9.84 Å². The van der Waals surface area contributed by atoms with Crippen LogP contribution in [0.1, 0.15) is 18.2 Å². The summed E-state index contributed by atoms with van der Waals surface area (Å²) in [5, 5.41) is 0.534. The smallest absolute Gasteiger partial charge is 0.224 e. The normalized spacial score (nSPS) is 23.4. The third-order valence-electron chi connectivity index (χ3n) is 2.43. The van der Waals surface area contributed by atoms with Crippen molar-refractivity contribution in [3.05, 3.63) is 5.82 Å². The molecule has 1 unspecified atom stereocenters. The summed E-state index contributed by atoms with van der Waals surface area (Å²) < 4.78 is 22.7. The first-order valence-corrected chi connectivity index (χ1v) is 7.80. The summed E-state index contributed by atoms with van der Waals surface area (Å²) >= 11 is 1.36. The van der Waals surface area contributed by atoms with Gasteiger partial charge in [-0.3, -0.25) is 0 Å². The van der Waals surface area contributed by atoms with Gasteiger partial charge in [-0.1, -0.05) is 11.8 Å². The molecule has 1 atom stereocenters. The molecule has 2 N–H and O–H groups in total. The molecule has 1 saturated heterocycles. The fourth-order valence-electron chi connectivity index (χ4n) is 1.66. The molecule has 1 aliphatic heterocycles. The van der Waals surface area contributed by atoms with Crippen molar-refractivity contribution in [3.63, 3.8) is 0 Å². The van der Waals surface area contributed by atoms with Gasteiger partial charge in [0.25, 0.3) is 0 Å². The fourth-order valence-corrected chi connectivity index (χ4v) is 3.77. The quantitative estimate of drug-likeness (QED) is 0.751. The van der Waals surface area contributed by atoms with Gasteiger partial charge in [0.1, 0.15) is 5.82 Å². The van der Waals surface area contributed by atoms with E-state index in [2.05, 4.69) is 15.0 Å².